The summed E-state index contributed by atoms with van der Waals surface area (Å²) in [6.07, 6.45) is -2.30. The molecule has 0 N–H and O–H groups in total. The van der Waals surface area contributed by atoms with E-state index < -0.39 is 23.5 Å². The number of aromatic nitrogens is 1. The molecule has 1 aromatic heterocycles. The fourth-order valence-electron chi connectivity index (χ4n) is 2.27. The lowest BCUT2D eigenvalue weighted by molar-refractivity contribution is -0.141. The minimum atomic E-state index is -4.70. The molecule has 142 valence electrons. The molecule has 26 heavy (non-hydrogen) atoms. The van der Waals surface area contributed by atoms with Crippen LogP contribution in [0.3, 0.4) is 0 Å². The van der Waals surface area contributed by atoms with Crippen LogP contribution in [0, 0.1) is 0 Å². The number of alkyl halides is 3. The molecule has 9 heteroatoms. The first-order chi connectivity index (χ1) is 12.3. The number of nitrogens with zero attached hydrogens (tertiary/aromatic N) is 1. The maximum Gasteiger partial charge on any atom is 0.433 e. The van der Waals surface area contributed by atoms with Crippen LogP contribution in [0.4, 0.5) is 13.2 Å². The highest BCUT2D eigenvalue weighted by Gasteiger charge is 2.34. The summed E-state index contributed by atoms with van der Waals surface area (Å²) in [6, 6.07) is 1.90. The number of ketones is 1. The third-order valence-electron chi connectivity index (χ3n) is 3.54. The first kappa shape index (κ1) is 20.1. The molecule has 1 heterocycles. The third kappa shape index (κ3) is 5.63. The number of halogens is 3. The smallest absolute Gasteiger partial charge is 0.426 e. The molecule has 0 aliphatic heterocycles. The zero-order valence-corrected chi connectivity index (χ0v) is 14.1. The molecule has 0 radical (unpaired) electrons. The van der Waals surface area contributed by atoms with Crippen molar-refractivity contribution in [1.29, 1.82) is 0 Å². The van der Waals surface area contributed by atoms with Crippen molar-refractivity contribution in [3.63, 3.8) is 0 Å². The fourth-order valence-corrected chi connectivity index (χ4v) is 2.27. The van der Waals surface area contributed by atoms with Gasteiger partial charge in [0.05, 0.1) is 19.8 Å². The van der Waals surface area contributed by atoms with E-state index in [1.807, 2.05) is 0 Å². The predicted octanol–water partition coefficient (Wildman–Crippen LogP) is 3.06. The van der Waals surface area contributed by atoms with Crippen molar-refractivity contribution in [3.05, 3.63) is 40.9 Å². The van der Waals surface area contributed by atoms with E-state index in [0.29, 0.717) is 25.9 Å². The highest BCUT2D eigenvalue weighted by molar-refractivity contribution is 5.93. The van der Waals surface area contributed by atoms with Crippen LogP contribution in [-0.4, -0.2) is 37.1 Å². The lowest BCUT2D eigenvalue weighted by Gasteiger charge is -2.15. The third-order valence-corrected chi connectivity index (χ3v) is 3.54. The second kappa shape index (κ2) is 8.91. The summed E-state index contributed by atoms with van der Waals surface area (Å²) < 4.78 is 53.9. The number of carbonyl (C=O) groups is 2. The van der Waals surface area contributed by atoms with Gasteiger partial charge in [0.1, 0.15) is 11.5 Å². The zero-order chi connectivity index (χ0) is 19.2. The molecule has 0 spiro atoms. The molecule has 0 unspecified atom stereocenters. The standard InChI is InChI=1S/C17H18F3NO5/c1-24-7-8-25-10-11-5-6-14(17(18,19)20)21-15(11)16(23)26-13-4-2-3-12(22)9-13/h5-6,9H,2-4,7-8,10H2,1H3. The van der Waals surface area contributed by atoms with Gasteiger partial charge in [-0.25, -0.2) is 9.78 Å². The van der Waals surface area contributed by atoms with Crippen molar-refractivity contribution in [2.45, 2.75) is 32.0 Å². The minimum Gasteiger partial charge on any atom is -0.426 e. The molecule has 0 atom stereocenters. The van der Waals surface area contributed by atoms with Crippen molar-refractivity contribution >= 4 is 11.8 Å². The largest absolute Gasteiger partial charge is 0.433 e. The summed E-state index contributed by atoms with van der Waals surface area (Å²) in [6.45, 7) is 0.366. The molecule has 0 amide bonds. The van der Waals surface area contributed by atoms with E-state index in [1.165, 1.54) is 13.2 Å². The molecule has 0 saturated heterocycles. The minimum absolute atomic E-state index is 0.122. The van der Waals surface area contributed by atoms with Gasteiger partial charge in [-0.05, 0) is 12.5 Å². The number of ether oxygens (including phenoxy) is 3. The van der Waals surface area contributed by atoms with E-state index in [-0.39, 0.29) is 30.3 Å². The average molecular weight is 373 g/mol. The van der Waals surface area contributed by atoms with Crippen LogP contribution in [0.15, 0.2) is 24.0 Å². The Labute approximate surface area is 147 Å². The molecule has 1 aliphatic rings. The molecule has 6 nitrogen and oxygen atoms in total. The van der Waals surface area contributed by atoms with Crippen molar-refractivity contribution < 1.29 is 37.0 Å². The Hall–Kier alpha value is -2.26. The van der Waals surface area contributed by atoms with Gasteiger partial charge in [-0.2, -0.15) is 13.2 Å². The van der Waals surface area contributed by atoms with Gasteiger partial charge in [0, 0.05) is 31.6 Å². The summed E-state index contributed by atoms with van der Waals surface area (Å²) in [4.78, 5) is 27.1. The number of pyridine rings is 1. The van der Waals surface area contributed by atoms with Gasteiger partial charge in [0.15, 0.2) is 11.5 Å². The summed E-state index contributed by atoms with van der Waals surface area (Å²) in [5.74, 6) is -1.13. The highest BCUT2D eigenvalue weighted by Crippen LogP contribution is 2.29. The van der Waals surface area contributed by atoms with Crippen LogP contribution in [-0.2, 0) is 31.8 Å². The fraction of sp³-hybridized carbons (Fsp3) is 0.471. The van der Waals surface area contributed by atoms with E-state index >= 15 is 0 Å². The average Bonchev–Trinajstić information content (AvgIpc) is 2.58. The Kier molecular flexibility index (Phi) is 6.87. The molecule has 0 fully saturated rings. The van der Waals surface area contributed by atoms with E-state index in [0.717, 1.165) is 12.1 Å². The van der Waals surface area contributed by atoms with Gasteiger partial charge in [-0.3, -0.25) is 4.79 Å². The van der Waals surface area contributed by atoms with Gasteiger partial charge in [-0.15, -0.1) is 0 Å². The Morgan fingerprint density at radius 2 is 2.00 bits per heavy atom. The first-order valence-electron chi connectivity index (χ1n) is 7.90. The predicted molar refractivity (Wildman–Crippen MR) is 83.1 cm³/mol. The quantitative estimate of drug-likeness (QED) is 0.540. The summed E-state index contributed by atoms with van der Waals surface area (Å²) in [5, 5.41) is 0. The van der Waals surface area contributed by atoms with Gasteiger partial charge in [-0.1, -0.05) is 6.07 Å². The van der Waals surface area contributed by atoms with Crippen molar-refractivity contribution in [3.8, 4) is 0 Å². The second-order valence-electron chi connectivity index (χ2n) is 5.57. The number of methoxy groups -OCH3 is 1. The van der Waals surface area contributed by atoms with Crippen molar-refractivity contribution in [2.75, 3.05) is 20.3 Å². The molecule has 1 aliphatic carbocycles. The Balaban J connectivity index is 2.23. The zero-order valence-electron chi connectivity index (χ0n) is 14.1. The van der Waals surface area contributed by atoms with Crippen LogP contribution in [0.1, 0.15) is 41.0 Å². The summed E-state index contributed by atoms with van der Waals surface area (Å²) in [7, 11) is 1.48. The van der Waals surface area contributed by atoms with E-state index in [9.17, 15) is 22.8 Å². The normalized spacial score (nSPS) is 14.9. The van der Waals surface area contributed by atoms with Crippen LogP contribution in [0.5, 0.6) is 0 Å². The van der Waals surface area contributed by atoms with Gasteiger partial charge in [0.25, 0.3) is 0 Å². The number of allylic oxidation sites excluding steroid dienone is 2. The highest BCUT2D eigenvalue weighted by atomic mass is 19.4. The van der Waals surface area contributed by atoms with E-state index in [2.05, 4.69) is 4.98 Å². The summed E-state index contributed by atoms with van der Waals surface area (Å²) >= 11 is 0. The number of hydrogen-bond acceptors (Lipinski definition) is 6. The molecule has 0 bridgehead atoms. The van der Waals surface area contributed by atoms with Crippen LogP contribution >= 0.6 is 0 Å². The molecule has 0 saturated carbocycles. The van der Waals surface area contributed by atoms with Gasteiger partial charge in [0.2, 0.25) is 0 Å². The second-order valence-corrected chi connectivity index (χ2v) is 5.57. The molecule has 0 aromatic carbocycles. The number of carbonyl (C=O) groups excluding carboxylic acids is 2. The summed E-state index contributed by atoms with van der Waals surface area (Å²) in [5.41, 5.74) is -1.54. The molecule has 1 aromatic rings. The van der Waals surface area contributed by atoms with Crippen LogP contribution in [0.25, 0.3) is 0 Å². The van der Waals surface area contributed by atoms with Crippen molar-refractivity contribution in [1.82, 2.24) is 4.98 Å². The maximum atomic E-state index is 12.9. The SMILES string of the molecule is COCCOCc1ccc(C(F)(F)F)nc1C(=O)OC1=CC(=O)CCC1. The number of hydrogen-bond donors (Lipinski definition) is 0. The molecular formula is C17H18F3NO5. The lowest BCUT2D eigenvalue weighted by Crippen LogP contribution is -2.18. The van der Waals surface area contributed by atoms with Crippen molar-refractivity contribution in [2.24, 2.45) is 0 Å². The molecular weight excluding hydrogens is 355 g/mol. The van der Waals surface area contributed by atoms with E-state index in [4.69, 9.17) is 14.2 Å². The Morgan fingerprint density at radius 3 is 2.65 bits per heavy atom. The van der Waals surface area contributed by atoms with Crippen LogP contribution in [0.2, 0.25) is 0 Å². The van der Waals surface area contributed by atoms with Gasteiger partial charge < -0.3 is 14.2 Å². The Bertz CT molecular complexity index is 700. The van der Waals surface area contributed by atoms with E-state index in [1.54, 1.807) is 0 Å². The van der Waals surface area contributed by atoms with Crippen LogP contribution < -0.4 is 0 Å². The topological polar surface area (TPSA) is 74.7 Å². The lowest BCUT2D eigenvalue weighted by atomic mass is 10.1. The maximum absolute atomic E-state index is 12.9. The number of rotatable bonds is 7. The van der Waals surface area contributed by atoms with Gasteiger partial charge >= 0.3 is 12.1 Å². The monoisotopic (exact) mass is 373 g/mol. The first-order valence-corrected chi connectivity index (χ1v) is 7.90. The number of esters is 1. The Morgan fingerprint density at radius 1 is 1.23 bits per heavy atom. The molecule has 2 rings (SSSR count).